The van der Waals surface area contributed by atoms with E-state index in [9.17, 15) is 9.18 Å². The summed E-state index contributed by atoms with van der Waals surface area (Å²) >= 11 is 6.00. The van der Waals surface area contributed by atoms with Crippen LogP contribution in [0.25, 0.3) is 11.4 Å². The second-order valence-electron chi connectivity index (χ2n) is 5.14. The first-order valence-corrected chi connectivity index (χ1v) is 7.57. The smallest absolute Gasteiger partial charge is 0.253 e. The van der Waals surface area contributed by atoms with Crippen LogP contribution in [0.1, 0.15) is 29.2 Å². The topological polar surface area (TPSA) is 68.0 Å². The zero-order valence-electron chi connectivity index (χ0n) is 12.7. The van der Waals surface area contributed by atoms with Gasteiger partial charge in [-0.05, 0) is 43.3 Å². The maximum Gasteiger partial charge on any atom is 0.253 e. The summed E-state index contributed by atoms with van der Waals surface area (Å²) in [6.45, 7) is 1.72. The minimum absolute atomic E-state index is 0.245. The third-order valence-electron chi connectivity index (χ3n) is 3.38. The number of benzene rings is 2. The van der Waals surface area contributed by atoms with Crippen molar-refractivity contribution in [3.8, 4) is 11.4 Å². The van der Waals surface area contributed by atoms with Gasteiger partial charge in [-0.1, -0.05) is 28.9 Å². The Morgan fingerprint density at radius 1 is 1.21 bits per heavy atom. The zero-order chi connectivity index (χ0) is 17.1. The maximum atomic E-state index is 13.0. The van der Waals surface area contributed by atoms with Crippen molar-refractivity contribution < 1.29 is 13.7 Å². The Hall–Kier alpha value is -2.73. The summed E-state index contributed by atoms with van der Waals surface area (Å²) < 4.78 is 18.1. The van der Waals surface area contributed by atoms with E-state index < -0.39 is 6.04 Å². The van der Waals surface area contributed by atoms with E-state index in [0.29, 0.717) is 22.0 Å². The summed E-state index contributed by atoms with van der Waals surface area (Å²) in [6, 6.07) is 12.0. The SMILES string of the molecule is C[C@@H](NC(=O)c1ccccc1Cl)c1nc(-c2ccc(F)cc2)no1. The van der Waals surface area contributed by atoms with Gasteiger partial charge in [0.25, 0.3) is 5.91 Å². The highest BCUT2D eigenvalue weighted by atomic mass is 35.5. The van der Waals surface area contributed by atoms with E-state index >= 15 is 0 Å². The van der Waals surface area contributed by atoms with Gasteiger partial charge in [-0.2, -0.15) is 4.98 Å². The van der Waals surface area contributed by atoms with Gasteiger partial charge in [0.15, 0.2) is 0 Å². The van der Waals surface area contributed by atoms with Gasteiger partial charge in [-0.25, -0.2) is 4.39 Å². The Kier molecular flexibility index (Phi) is 4.57. The predicted octanol–water partition coefficient (Wildman–Crippen LogP) is 4.02. The molecule has 0 bridgehead atoms. The number of halogens is 2. The van der Waals surface area contributed by atoms with Crippen molar-refractivity contribution in [3.63, 3.8) is 0 Å². The quantitative estimate of drug-likeness (QED) is 0.775. The van der Waals surface area contributed by atoms with E-state index in [1.165, 1.54) is 12.1 Å². The Labute approximate surface area is 142 Å². The normalized spacial score (nSPS) is 12.0. The molecular formula is C17H13ClFN3O2. The summed E-state index contributed by atoms with van der Waals surface area (Å²) in [5.74, 6) is -0.115. The van der Waals surface area contributed by atoms with E-state index in [-0.39, 0.29) is 17.6 Å². The molecule has 7 heteroatoms. The fraction of sp³-hybridized carbons (Fsp3) is 0.118. The number of carbonyl (C=O) groups excluding carboxylic acids is 1. The molecule has 24 heavy (non-hydrogen) atoms. The molecule has 3 rings (SSSR count). The van der Waals surface area contributed by atoms with E-state index in [4.69, 9.17) is 16.1 Å². The summed E-state index contributed by atoms with van der Waals surface area (Å²) in [4.78, 5) is 16.5. The van der Waals surface area contributed by atoms with Crippen molar-refractivity contribution in [2.24, 2.45) is 0 Å². The van der Waals surface area contributed by atoms with Crippen LogP contribution in [0.4, 0.5) is 4.39 Å². The van der Waals surface area contributed by atoms with Crippen molar-refractivity contribution in [1.82, 2.24) is 15.5 Å². The van der Waals surface area contributed by atoms with Crippen molar-refractivity contribution in [3.05, 3.63) is 70.8 Å². The highest BCUT2D eigenvalue weighted by Crippen LogP contribution is 2.20. The van der Waals surface area contributed by atoms with Crippen molar-refractivity contribution in [2.75, 3.05) is 0 Å². The van der Waals surface area contributed by atoms with Crippen LogP contribution in [0.2, 0.25) is 5.02 Å². The van der Waals surface area contributed by atoms with E-state index in [1.54, 1.807) is 43.3 Å². The highest BCUT2D eigenvalue weighted by molar-refractivity contribution is 6.33. The minimum Gasteiger partial charge on any atom is -0.340 e. The van der Waals surface area contributed by atoms with Crippen molar-refractivity contribution in [1.29, 1.82) is 0 Å². The monoisotopic (exact) mass is 345 g/mol. The summed E-state index contributed by atoms with van der Waals surface area (Å²) in [5, 5.41) is 6.96. The maximum absolute atomic E-state index is 13.0. The second-order valence-corrected chi connectivity index (χ2v) is 5.55. The van der Waals surface area contributed by atoms with Crippen LogP contribution in [0.15, 0.2) is 53.1 Å². The molecule has 1 N–H and O–H groups in total. The molecule has 2 aromatic carbocycles. The van der Waals surface area contributed by atoms with Gasteiger partial charge in [0, 0.05) is 5.56 Å². The summed E-state index contributed by atoms with van der Waals surface area (Å²) in [7, 11) is 0. The molecule has 0 aliphatic carbocycles. The standard InChI is InChI=1S/C17H13ClFN3O2/c1-10(20-16(23)13-4-2-3-5-14(13)18)17-21-15(22-24-17)11-6-8-12(19)9-7-11/h2-10H,1H3,(H,20,23)/t10-/m1/s1. The predicted molar refractivity (Wildman–Crippen MR) is 87.0 cm³/mol. The van der Waals surface area contributed by atoms with Crippen molar-refractivity contribution in [2.45, 2.75) is 13.0 Å². The first-order valence-electron chi connectivity index (χ1n) is 7.19. The molecule has 0 radical (unpaired) electrons. The van der Waals surface area contributed by atoms with E-state index in [0.717, 1.165) is 0 Å². The van der Waals surface area contributed by atoms with Crippen LogP contribution in [0.3, 0.4) is 0 Å². The lowest BCUT2D eigenvalue weighted by Gasteiger charge is -2.10. The number of hydrogen-bond acceptors (Lipinski definition) is 4. The Morgan fingerprint density at radius 2 is 1.92 bits per heavy atom. The van der Waals surface area contributed by atoms with Crippen LogP contribution < -0.4 is 5.32 Å². The summed E-state index contributed by atoms with van der Waals surface area (Å²) in [6.07, 6.45) is 0. The zero-order valence-corrected chi connectivity index (χ0v) is 13.4. The van der Waals surface area contributed by atoms with Crippen LogP contribution in [-0.4, -0.2) is 16.0 Å². The Morgan fingerprint density at radius 3 is 2.62 bits per heavy atom. The number of aromatic nitrogens is 2. The molecule has 1 amide bonds. The molecule has 0 unspecified atom stereocenters. The number of nitrogens with zero attached hydrogens (tertiary/aromatic N) is 2. The first-order chi connectivity index (χ1) is 11.5. The molecule has 0 fully saturated rings. The molecule has 122 valence electrons. The Balaban J connectivity index is 1.74. The van der Waals surface area contributed by atoms with Gasteiger partial charge in [0.2, 0.25) is 11.7 Å². The van der Waals surface area contributed by atoms with Gasteiger partial charge in [-0.3, -0.25) is 4.79 Å². The number of amides is 1. The molecule has 5 nitrogen and oxygen atoms in total. The fourth-order valence-corrected chi connectivity index (χ4v) is 2.33. The number of rotatable bonds is 4. The number of carbonyl (C=O) groups is 1. The van der Waals surface area contributed by atoms with Gasteiger partial charge in [-0.15, -0.1) is 0 Å². The third kappa shape index (κ3) is 3.44. The summed E-state index contributed by atoms with van der Waals surface area (Å²) in [5.41, 5.74) is 0.986. The highest BCUT2D eigenvalue weighted by Gasteiger charge is 2.19. The average Bonchev–Trinajstić information content (AvgIpc) is 3.06. The second kappa shape index (κ2) is 6.80. The number of nitrogens with one attached hydrogen (secondary N) is 1. The van der Waals surface area contributed by atoms with Gasteiger partial charge < -0.3 is 9.84 Å². The van der Waals surface area contributed by atoms with E-state index in [1.807, 2.05) is 0 Å². The van der Waals surface area contributed by atoms with Crippen molar-refractivity contribution >= 4 is 17.5 Å². The molecule has 1 atom stereocenters. The lowest BCUT2D eigenvalue weighted by atomic mass is 10.2. The fourth-order valence-electron chi connectivity index (χ4n) is 2.11. The third-order valence-corrected chi connectivity index (χ3v) is 3.71. The van der Waals surface area contributed by atoms with Crippen LogP contribution >= 0.6 is 11.6 Å². The van der Waals surface area contributed by atoms with Crippen LogP contribution in [-0.2, 0) is 0 Å². The lowest BCUT2D eigenvalue weighted by Crippen LogP contribution is -2.27. The molecule has 0 spiro atoms. The molecule has 0 saturated heterocycles. The molecular weight excluding hydrogens is 333 g/mol. The van der Waals surface area contributed by atoms with Crippen LogP contribution in [0, 0.1) is 5.82 Å². The molecule has 1 aromatic heterocycles. The lowest BCUT2D eigenvalue weighted by molar-refractivity contribution is 0.0932. The largest absolute Gasteiger partial charge is 0.340 e. The van der Waals surface area contributed by atoms with Gasteiger partial charge >= 0.3 is 0 Å². The molecule has 1 heterocycles. The van der Waals surface area contributed by atoms with E-state index in [2.05, 4.69) is 15.5 Å². The molecule has 3 aromatic rings. The first kappa shape index (κ1) is 16.1. The molecule has 0 aliphatic heterocycles. The number of hydrogen-bond donors (Lipinski definition) is 1. The minimum atomic E-state index is -0.504. The average molecular weight is 346 g/mol. The van der Waals surface area contributed by atoms with Gasteiger partial charge in [0.1, 0.15) is 11.9 Å². The molecule has 0 saturated carbocycles. The Bertz CT molecular complexity index is 864. The van der Waals surface area contributed by atoms with Crippen LogP contribution in [0.5, 0.6) is 0 Å². The molecule has 0 aliphatic rings. The van der Waals surface area contributed by atoms with Gasteiger partial charge in [0.05, 0.1) is 10.6 Å².